The molecule has 1 saturated carbocycles. The van der Waals surface area contributed by atoms with Crippen LogP contribution < -0.4 is 5.32 Å². The first-order valence-electron chi connectivity index (χ1n) is 8.22. The van der Waals surface area contributed by atoms with Crippen LogP contribution >= 0.6 is 0 Å². The maximum Gasteiger partial charge on any atom is 0.220 e. The molecule has 2 heterocycles. The van der Waals surface area contributed by atoms with E-state index in [1.807, 2.05) is 13.1 Å². The Morgan fingerprint density at radius 2 is 2.27 bits per heavy atom. The van der Waals surface area contributed by atoms with Gasteiger partial charge in [-0.25, -0.2) is 0 Å². The molecule has 0 aromatic carbocycles. The van der Waals surface area contributed by atoms with Crippen molar-refractivity contribution in [3.63, 3.8) is 0 Å². The Morgan fingerprint density at radius 3 is 3.00 bits per heavy atom. The van der Waals surface area contributed by atoms with Crippen LogP contribution in [0.1, 0.15) is 44.2 Å². The molecule has 1 saturated heterocycles. The number of carbonyl (C=O) groups excluding carboxylic acids is 1. The zero-order valence-electron chi connectivity index (χ0n) is 13.2. The fourth-order valence-corrected chi connectivity index (χ4v) is 3.27. The molecule has 1 atom stereocenters. The number of aryl methyl sites for hydroxylation is 2. The SMILES string of the molecule is Cn1nccc1CCC(=O)NCC1COC2(CCCCC2)O1. The molecule has 6 heteroatoms. The highest BCUT2D eigenvalue weighted by atomic mass is 16.7. The van der Waals surface area contributed by atoms with Crippen molar-refractivity contribution >= 4 is 5.91 Å². The Hall–Kier alpha value is -1.40. The molecular weight excluding hydrogens is 282 g/mol. The summed E-state index contributed by atoms with van der Waals surface area (Å²) < 4.78 is 13.7. The van der Waals surface area contributed by atoms with Crippen LogP contribution in [0.15, 0.2) is 12.3 Å². The Balaban J connectivity index is 1.37. The highest BCUT2D eigenvalue weighted by Crippen LogP contribution is 2.37. The van der Waals surface area contributed by atoms with Gasteiger partial charge < -0.3 is 14.8 Å². The van der Waals surface area contributed by atoms with Crippen LogP contribution in [0.3, 0.4) is 0 Å². The summed E-state index contributed by atoms with van der Waals surface area (Å²) in [5.74, 6) is -0.308. The lowest BCUT2D eigenvalue weighted by atomic mass is 9.94. The molecule has 1 N–H and O–H groups in total. The van der Waals surface area contributed by atoms with E-state index >= 15 is 0 Å². The lowest BCUT2D eigenvalue weighted by Crippen LogP contribution is -2.37. The van der Waals surface area contributed by atoms with Gasteiger partial charge in [-0.2, -0.15) is 5.10 Å². The third-order valence-corrected chi connectivity index (χ3v) is 4.59. The quantitative estimate of drug-likeness (QED) is 0.896. The molecule has 1 aromatic heterocycles. The van der Waals surface area contributed by atoms with Crippen molar-refractivity contribution in [1.82, 2.24) is 15.1 Å². The van der Waals surface area contributed by atoms with Crippen LogP contribution in [0.25, 0.3) is 0 Å². The maximum atomic E-state index is 11.9. The zero-order valence-corrected chi connectivity index (χ0v) is 13.2. The predicted octanol–water partition coefficient (Wildman–Crippen LogP) is 1.54. The standard InChI is InChI=1S/C16H25N3O3/c1-19-13(7-10-18-19)5-6-15(20)17-11-14-12-21-16(22-14)8-3-2-4-9-16/h7,10,14H,2-6,8-9,11-12H2,1H3,(H,17,20). The van der Waals surface area contributed by atoms with Crippen molar-refractivity contribution < 1.29 is 14.3 Å². The van der Waals surface area contributed by atoms with Crippen molar-refractivity contribution in [3.8, 4) is 0 Å². The van der Waals surface area contributed by atoms with E-state index in [-0.39, 0.29) is 17.8 Å². The molecule has 1 aromatic rings. The second-order valence-electron chi connectivity index (χ2n) is 6.27. The Morgan fingerprint density at radius 1 is 1.45 bits per heavy atom. The van der Waals surface area contributed by atoms with Crippen LogP contribution in [-0.2, 0) is 27.7 Å². The molecule has 2 fully saturated rings. The largest absolute Gasteiger partial charge is 0.353 e. The predicted molar refractivity (Wildman–Crippen MR) is 81.2 cm³/mol. The highest BCUT2D eigenvalue weighted by molar-refractivity contribution is 5.76. The Bertz CT molecular complexity index is 508. The smallest absolute Gasteiger partial charge is 0.220 e. The summed E-state index contributed by atoms with van der Waals surface area (Å²) in [6.07, 6.45) is 8.49. The molecule has 122 valence electrons. The van der Waals surface area contributed by atoms with Gasteiger partial charge in [0.1, 0.15) is 6.10 Å². The lowest BCUT2D eigenvalue weighted by Gasteiger charge is -2.31. The van der Waals surface area contributed by atoms with Crippen LogP contribution in [-0.4, -0.2) is 40.7 Å². The minimum Gasteiger partial charge on any atom is -0.353 e. The molecular formula is C16H25N3O3. The first-order chi connectivity index (χ1) is 10.7. The molecule has 3 rings (SSSR count). The van der Waals surface area contributed by atoms with E-state index in [9.17, 15) is 4.79 Å². The van der Waals surface area contributed by atoms with E-state index in [1.165, 1.54) is 19.3 Å². The van der Waals surface area contributed by atoms with Crippen molar-refractivity contribution in [2.24, 2.45) is 7.05 Å². The average Bonchev–Trinajstić information content (AvgIpc) is 3.11. The van der Waals surface area contributed by atoms with Gasteiger partial charge in [-0.15, -0.1) is 0 Å². The number of amides is 1. The number of ether oxygens (including phenoxy) is 2. The van der Waals surface area contributed by atoms with Crippen LogP contribution in [0, 0.1) is 0 Å². The third-order valence-electron chi connectivity index (χ3n) is 4.59. The van der Waals surface area contributed by atoms with Gasteiger partial charge in [0, 0.05) is 44.7 Å². The van der Waals surface area contributed by atoms with E-state index in [2.05, 4.69) is 10.4 Å². The van der Waals surface area contributed by atoms with Crippen molar-refractivity contribution in [1.29, 1.82) is 0 Å². The monoisotopic (exact) mass is 307 g/mol. The second-order valence-corrected chi connectivity index (χ2v) is 6.27. The van der Waals surface area contributed by atoms with Gasteiger partial charge in [0.25, 0.3) is 0 Å². The van der Waals surface area contributed by atoms with Gasteiger partial charge in [0.2, 0.25) is 5.91 Å². The topological polar surface area (TPSA) is 65.4 Å². The van der Waals surface area contributed by atoms with Gasteiger partial charge in [-0.3, -0.25) is 9.48 Å². The van der Waals surface area contributed by atoms with Crippen molar-refractivity contribution in [3.05, 3.63) is 18.0 Å². The number of hydrogen-bond donors (Lipinski definition) is 1. The normalized spacial score (nSPS) is 23.8. The summed E-state index contributed by atoms with van der Waals surface area (Å²) in [5, 5.41) is 7.06. The van der Waals surface area contributed by atoms with Gasteiger partial charge in [0.05, 0.1) is 6.61 Å². The van der Waals surface area contributed by atoms with Crippen LogP contribution in [0.2, 0.25) is 0 Å². The number of carbonyl (C=O) groups is 1. The second kappa shape index (κ2) is 6.79. The minimum atomic E-state index is -0.359. The number of nitrogens with zero attached hydrogens (tertiary/aromatic N) is 2. The van der Waals surface area contributed by atoms with E-state index in [4.69, 9.17) is 9.47 Å². The maximum absolute atomic E-state index is 11.9. The Labute approximate surface area is 131 Å². The fourth-order valence-electron chi connectivity index (χ4n) is 3.27. The van der Waals surface area contributed by atoms with Gasteiger partial charge in [-0.05, 0) is 25.3 Å². The molecule has 0 radical (unpaired) electrons. The number of rotatable bonds is 5. The summed E-state index contributed by atoms with van der Waals surface area (Å²) in [4.78, 5) is 11.9. The first kappa shape index (κ1) is 15.5. The molecule has 0 bridgehead atoms. The van der Waals surface area contributed by atoms with E-state index < -0.39 is 0 Å². The average molecular weight is 307 g/mol. The molecule has 1 spiro atoms. The molecule has 6 nitrogen and oxygen atoms in total. The lowest BCUT2D eigenvalue weighted by molar-refractivity contribution is -0.186. The molecule has 1 amide bonds. The summed E-state index contributed by atoms with van der Waals surface area (Å²) in [5.41, 5.74) is 1.07. The van der Waals surface area contributed by atoms with E-state index in [1.54, 1.807) is 10.9 Å². The van der Waals surface area contributed by atoms with Crippen LogP contribution in [0.4, 0.5) is 0 Å². The summed E-state index contributed by atoms with van der Waals surface area (Å²) in [7, 11) is 1.89. The third kappa shape index (κ3) is 3.67. The zero-order chi connectivity index (χ0) is 15.4. The fraction of sp³-hybridized carbons (Fsp3) is 0.750. The van der Waals surface area contributed by atoms with Gasteiger partial charge >= 0.3 is 0 Å². The molecule has 1 unspecified atom stereocenters. The Kier molecular flexibility index (Phi) is 4.78. The molecule has 22 heavy (non-hydrogen) atoms. The van der Waals surface area contributed by atoms with Crippen molar-refractivity contribution in [2.75, 3.05) is 13.2 Å². The molecule has 1 aliphatic carbocycles. The number of hydrogen-bond acceptors (Lipinski definition) is 4. The number of aromatic nitrogens is 2. The van der Waals surface area contributed by atoms with Gasteiger partial charge in [-0.1, -0.05) is 6.42 Å². The molecule has 1 aliphatic heterocycles. The molecule has 2 aliphatic rings. The van der Waals surface area contributed by atoms with Gasteiger partial charge in [0.15, 0.2) is 5.79 Å². The van der Waals surface area contributed by atoms with Crippen LogP contribution in [0.5, 0.6) is 0 Å². The number of nitrogens with one attached hydrogen (secondary N) is 1. The summed E-state index contributed by atoms with van der Waals surface area (Å²) in [6, 6.07) is 1.94. The van der Waals surface area contributed by atoms with Crippen molar-refractivity contribution in [2.45, 2.75) is 56.8 Å². The van der Waals surface area contributed by atoms with E-state index in [0.717, 1.165) is 18.5 Å². The summed E-state index contributed by atoms with van der Waals surface area (Å²) >= 11 is 0. The van der Waals surface area contributed by atoms with E-state index in [0.29, 0.717) is 26.0 Å². The minimum absolute atomic E-state index is 0.0150. The highest BCUT2D eigenvalue weighted by Gasteiger charge is 2.42. The summed E-state index contributed by atoms with van der Waals surface area (Å²) in [6.45, 7) is 1.12. The first-order valence-corrected chi connectivity index (χ1v) is 8.22.